The van der Waals surface area contributed by atoms with Crippen molar-refractivity contribution in [1.82, 2.24) is 15.4 Å². The van der Waals surface area contributed by atoms with Gasteiger partial charge in [0.05, 0.1) is 17.2 Å². The van der Waals surface area contributed by atoms with Crippen LogP contribution in [-0.4, -0.2) is 60.5 Å². The second-order valence-corrected chi connectivity index (χ2v) is 10.5. The summed E-state index contributed by atoms with van der Waals surface area (Å²) < 4.78 is 49.4. The number of nitrogens with zero attached hydrogens (tertiary/aromatic N) is 1. The molecule has 0 aliphatic rings. The van der Waals surface area contributed by atoms with E-state index in [-0.39, 0.29) is 29.8 Å². The highest BCUT2D eigenvalue weighted by molar-refractivity contribution is 7.90. The number of sulfone groups is 1. The number of hydrogen-bond donors (Lipinski definition) is 3. The molecule has 8 nitrogen and oxygen atoms in total. The zero-order chi connectivity index (χ0) is 20.5. The van der Waals surface area contributed by atoms with Gasteiger partial charge >= 0.3 is 0 Å². The highest BCUT2D eigenvalue weighted by Crippen LogP contribution is 2.14. The van der Waals surface area contributed by atoms with Crippen molar-refractivity contribution >= 4 is 37.4 Å². The normalized spacial score (nSPS) is 14.0. The van der Waals surface area contributed by atoms with Crippen LogP contribution in [-0.2, 0) is 19.9 Å². The first kappa shape index (κ1) is 23.7. The number of nitrogens with one attached hydrogen (secondary N) is 3. The first-order valence-corrected chi connectivity index (χ1v) is 12.4. The zero-order valence-electron chi connectivity index (χ0n) is 15.7. The summed E-state index contributed by atoms with van der Waals surface area (Å²) in [6.07, 6.45) is 1.65. The minimum absolute atomic E-state index is 0.0833. The molecule has 1 aromatic rings. The van der Waals surface area contributed by atoms with Gasteiger partial charge in [0.25, 0.3) is 0 Å². The van der Waals surface area contributed by atoms with Crippen LogP contribution >= 0.6 is 11.6 Å². The Hall–Kier alpha value is -1.36. The van der Waals surface area contributed by atoms with Crippen molar-refractivity contribution in [3.05, 3.63) is 29.3 Å². The van der Waals surface area contributed by atoms with E-state index in [0.717, 1.165) is 0 Å². The fourth-order valence-electron chi connectivity index (χ4n) is 2.08. The lowest BCUT2D eigenvalue weighted by atomic mass is 10.3. The molecule has 0 aliphatic carbocycles. The third-order valence-electron chi connectivity index (χ3n) is 3.43. The standard InChI is InChI=1S/C16H27ClN4O4S2/c1-4-18-16(21-13(2)8-11-26(3,22)23)19-9-10-20-27(24,25)15-7-5-6-14(17)12-15/h5-7,12-13,20H,4,8-11H2,1-3H3,(H2,18,19,21). The molecule has 0 radical (unpaired) electrons. The lowest BCUT2D eigenvalue weighted by molar-refractivity contribution is 0.580. The average Bonchev–Trinajstić information content (AvgIpc) is 2.56. The van der Waals surface area contributed by atoms with E-state index in [9.17, 15) is 16.8 Å². The van der Waals surface area contributed by atoms with Gasteiger partial charge in [-0.25, -0.2) is 21.6 Å². The molecule has 0 aromatic heterocycles. The number of sulfonamides is 1. The van der Waals surface area contributed by atoms with Crippen LogP contribution in [0.25, 0.3) is 0 Å². The summed E-state index contributed by atoms with van der Waals surface area (Å²) in [6.45, 7) is 4.72. The first-order valence-electron chi connectivity index (χ1n) is 8.51. The number of halogens is 1. The molecule has 0 fully saturated rings. The van der Waals surface area contributed by atoms with E-state index in [1.54, 1.807) is 12.1 Å². The van der Waals surface area contributed by atoms with Crippen molar-refractivity contribution in [2.75, 3.05) is 31.6 Å². The Kier molecular flexibility index (Phi) is 9.51. The third-order valence-corrected chi connectivity index (χ3v) is 6.10. The van der Waals surface area contributed by atoms with Gasteiger partial charge in [-0.15, -0.1) is 0 Å². The molecular weight excluding hydrogens is 412 g/mol. The van der Waals surface area contributed by atoms with E-state index in [4.69, 9.17) is 11.6 Å². The van der Waals surface area contributed by atoms with Crippen LogP contribution in [0.2, 0.25) is 5.02 Å². The van der Waals surface area contributed by atoms with Gasteiger partial charge in [0, 0.05) is 30.4 Å². The largest absolute Gasteiger partial charge is 0.357 e. The summed E-state index contributed by atoms with van der Waals surface area (Å²) >= 11 is 5.82. The highest BCUT2D eigenvalue weighted by atomic mass is 35.5. The van der Waals surface area contributed by atoms with Gasteiger partial charge in [0.2, 0.25) is 10.0 Å². The maximum atomic E-state index is 12.2. The monoisotopic (exact) mass is 438 g/mol. The number of benzene rings is 1. The van der Waals surface area contributed by atoms with Crippen LogP contribution in [0, 0.1) is 0 Å². The molecule has 27 heavy (non-hydrogen) atoms. The molecule has 11 heteroatoms. The predicted molar refractivity (Wildman–Crippen MR) is 110 cm³/mol. The lowest BCUT2D eigenvalue weighted by Gasteiger charge is -2.17. The molecule has 0 saturated heterocycles. The minimum atomic E-state index is -3.65. The molecule has 154 valence electrons. The Morgan fingerprint density at radius 2 is 1.96 bits per heavy atom. The van der Waals surface area contributed by atoms with Crippen LogP contribution in [0.15, 0.2) is 34.2 Å². The van der Waals surface area contributed by atoms with Crippen LogP contribution < -0.4 is 15.4 Å². The molecule has 0 spiro atoms. The summed E-state index contributed by atoms with van der Waals surface area (Å²) in [6, 6.07) is 5.92. The molecule has 0 heterocycles. The van der Waals surface area contributed by atoms with Crippen LogP contribution in [0.1, 0.15) is 20.3 Å². The predicted octanol–water partition coefficient (Wildman–Crippen LogP) is 0.997. The van der Waals surface area contributed by atoms with Crippen molar-refractivity contribution in [2.24, 2.45) is 4.99 Å². The number of hydrogen-bond acceptors (Lipinski definition) is 5. The second-order valence-electron chi connectivity index (χ2n) is 6.08. The van der Waals surface area contributed by atoms with Gasteiger partial charge in [-0.1, -0.05) is 17.7 Å². The fourth-order valence-corrected chi connectivity index (χ4v) is 4.18. The van der Waals surface area contributed by atoms with Gasteiger partial charge in [0.15, 0.2) is 5.96 Å². The lowest BCUT2D eigenvalue weighted by Crippen LogP contribution is -2.43. The van der Waals surface area contributed by atoms with E-state index in [1.807, 2.05) is 13.8 Å². The molecule has 0 bridgehead atoms. The Balaban J connectivity index is 2.58. The van der Waals surface area contributed by atoms with E-state index in [2.05, 4.69) is 20.3 Å². The molecule has 3 N–H and O–H groups in total. The van der Waals surface area contributed by atoms with E-state index >= 15 is 0 Å². The van der Waals surface area contributed by atoms with Gasteiger partial charge < -0.3 is 10.6 Å². The molecule has 0 amide bonds. The molecule has 0 saturated carbocycles. The SMILES string of the molecule is CCNC(=NCCNS(=O)(=O)c1cccc(Cl)c1)NC(C)CCS(C)(=O)=O. The van der Waals surface area contributed by atoms with Gasteiger partial charge in [-0.2, -0.15) is 0 Å². The summed E-state index contributed by atoms with van der Waals surface area (Å²) in [4.78, 5) is 4.40. The van der Waals surface area contributed by atoms with Crippen molar-refractivity contribution in [3.8, 4) is 0 Å². The maximum absolute atomic E-state index is 12.2. The Labute approximate surface area is 166 Å². The van der Waals surface area contributed by atoms with Crippen LogP contribution in [0.4, 0.5) is 0 Å². The molecule has 1 unspecified atom stereocenters. The van der Waals surface area contributed by atoms with E-state index in [1.165, 1.54) is 18.4 Å². The first-order chi connectivity index (χ1) is 12.5. The molecule has 0 aliphatic heterocycles. The highest BCUT2D eigenvalue weighted by Gasteiger charge is 2.13. The zero-order valence-corrected chi connectivity index (χ0v) is 18.1. The smallest absolute Gasteiger partial charge is 0.240 e. The number of rotatable bonds is 10. The van der Waals surface area contributed by atoms with Crippen molar-refractivity contribution < 1.29 is 16.8 Å². The van der Waals surface area contributed by atoms with Crippen LogP contribution in [0.3, 0.4) is 0 Å². The van der Waals surface area contributed by atoms with Crippen molar-refractivity contribution in [1.29, 1.82) is 0 Å². The molecule has 1 rings (SSSR count). The summed E-state index contributed by atoms with van der Waals surface area (Å²) in [5, 5.41) is 6.49. The molecule has 1 aromatic carbocycles. The van der Waals surface area contributed by atoms with E-state index in [0.29, 0.717) is 23.9 Å². The van der Waals surface area contributed by atoms with Crippen molar-refractivity contribution in [3.63, 3.8) is 0 Å². The Morgan fingerprint density at radius 3 is 2.56 bits per heavy atom. The average molecular weight is 439 g/mol. The van der Waals surface area contributed by atoms with Gasteiger partial charge in [0.1, 0.15) is 9.84 Å². The number of guanidine groups is 1. The van der Waals surface area contributed by atoms with Crippen LogP contribution in [0.5, 0.6) is 0 Å². The van der Waals surface area contributed by atoms with E-state index < -0.39 is 19.9 Å². The third kappa shape index (κ3) is 9.94. The molecule has 1 atom stereocenters. The second kappa shape index (κ2) is 10.8. The van der Waals surface area contributed by atoms with Crippen molar-refractivity contribution in [2.45, 2.75) is 31.2 Å². The summed E-state index contributed by atoms with van der Waals surface area (Å²) in [5.74, 6) is 0.584. The maximum Gasteiger partial charge on any atom is 0.240 e. The quantitative estimate of drug-likeness (QED) is 0.285. The summed E-state index contributed by atoms with van der Waals surface area (Å²) in [5.41, 5.74) is 0. The minimum Gasteiger partial charge on any atom is -0.357 e. The number of aliphatic imine (C=N–C) groups is 1. The topological polar surface area (TPSA) is 117 Å². The Bertz CT molecular complexity index is 842. The van der Waals surface area contributed by atoms with Gasteiger partial charge in [-0.05, 0) is 38.5 Å². The Morgan fingerprint density at radius 1 is 1.26 bits per heavy atom. The fraction of sp³-hybridized carbons (Fsp3) is 0.562. The molecular formula is C16H27ClN4O4S2. The summed E-state index contributed by atoms with van der Waals surface area (Å²) in [7, 11) is -6.67. The van der Waals surface area contributed by atoms with Gasteiger partial charge in [-0.3, -0.25) is 4.99 Å².